The number of nitrogens with two attached hydrogens (primary N) is 2. The number of aromatic carboxylic acids is 2. The van der Waals surface area contributed by atoms with Gasteiger partial charge in [0, 0.05) is 14.1 Å². The van der Waals surface area contributed by atoms with Gasteiger partial charge in [-0.25, -0.2) is 19.0 Å². The van der Waals surface area contributed by atoms with Crippen LogP contribution in [0.3, 0.4) is 0 Å². The summed E-state index contributed by atoms with van der Waals surface area (Å²) in [7, 11) is 2.99. The van der Waals surface area contributed by atoms with Gasteiger partial charge in [-0.05, 0) is 13.8 Å². The number of aromatic hydroxyl groups is 1. The molecule has 0 atom stereocenters. The van der Waals surface area contributed by atoms with Gasteiger partial charge < -0.3 is 26.8 Å². The van der Waals surface area contributed by atoms with Crippen molar-refractivity contribution in [1.82, 2.24) is 54.1 Å². The SMILES string of the molecule is Cc1nn(-c2nc(O)nc(-n3nc(C)c(/N=N/c4c(C(=O)O)cnn4C)c3N)n2)c(N)c1/N=N/c1c(C(=O)O)cnn1C. The summed E-state index contributed by atoms with van der Waals surface area (Å²) in [6.45, 7) is 3.13. The molecule has 5 heterocycles. The monoisotopic (exact) mass is 591 g/mol. The van der Waals surface area contributed by atoms with Crippen LogP contribution in [0, 0.1) is 13.8 Å². The lowest BCUT2D eigenvalue weighted by atomic mass is 10.3. The smallest absolute Gasteiger partial charge is 0.341 e. The molecule has 0 aliphatic carbocycles. The molecule has 0 unspecified atom stereocenters. The van der Waals surface area contributed by atoms with Crippen LogP contribution < -0.4 is 11.5 Å². The first kappa shape index (κ1) is 27.9. The Balaban J connectivity index is 1.51. The van der Waals surface area contributed by atoms with Crippen LogP contribution in [0.25, 0.3) is 11.9 Å². The molecule has 5 aromatic rings. The second kappa shape index (κ2) is 10.4. The molecule has 7 N–H and O–H groups in total. The number of azo groups is 2. The minimum Gasteiger partial charge on any atom is -0.479 e. The summed E-state index contributed by atoms with van der Waals surface area (Å²) in [4.78, 5) is 34.9. The third-order valence-electron chi connectivity index (χ3n) is 5.87. The van der Waals surface area contributed by atoms with Gasteiger partial charge in [-0.1, -0.05) is 0 Å². The summed E-state index contributed by atoms with van der Waals surface area (Å²) < 4.78 is 4.56. The fourth-order valence-electron chi connectivity index (χ4n) is 3.75. The van der Waals surface area contributed by atoms with E-state index in [9.17, 15) is 24.9 Å². The van der Waals surface area contributed by atoms with Crippen LogP contribution >= 0.6 is 0 Å². The highest BCUT2D eigenvalue weighted by molar-refractivity contribution is 5.92. The third-order valence-corrected chi connectivity index (χ3v) is 5.87. The molecule has 0 saturated carbocycles. The molecule has 0 saturated heterocycles. The van der Waals surface area contributed by atoms with Gasteiger partial charge in [0.25, 0.3) is 11.9 Å². The van der Waals surface area contributed by atoms with E-state index >= 15 is 0 Å². The standard InChI is InChI=1S/C21H21N17O5/c1-7-11(29-31-15-9(17(39)40)5-24-35(15)3)13(22)37(33-7)19-26-20(28-21(43)27-19)38-14(23)12(8(2)34-38)30-32-16-10(18(41)42)6-25-36(16)4/h5-6H,22-23H2,1-4H3,(H,39,40)(H,41,42)(H,26,27,28,43)/b31-29+,32-30+. The molecule has 0 aromatic carbocycles. The van der Waals surface area contributed by atoms with Crippen molar-refractivity contribution in [2.24, 2.45) is 34.6 Å². The highest BCUT2D eigenvalue weighted by Crippen LogP contribution is 2.33. The normalized spacial score (nSPS) is 11.7. The lowest BCUT2D eigenvalue weighted by Gasteiger charge is -2.06. The number of carboxylic acids is 2. The van der Waals surface area contributed by atoms with E-state index in [1.54, 1.807) is 13.8 Å². The molecule has 0 spiro atoms. The lowest BCUT2D eigenvalue weighted by Crippen LogP contribution is -2.13. The van der Waals surface area contributed by atoms with Crippen LogP contribution in [-0.4, -0.2) is 81.3 Å². The number of hydrogen-bond acceptors (Lipinski definition) is 16. The number of carboxylic acid groups (broad SMARTS) is 2. The van der Waals surface area contributed by atoms with Crippen molar-refractivity contribution >= 4 is 46.6 Å². The quantitative estimate of drug-likeness (QED) is 0.159. The number of hydrogen-bond donors (Lipinski definition) is 5. The van der Waals surface area contributed by atoms with Crippen molar-refractivity contribution in [2.75, 3.05) is 11.5 Å². The number of aromatic nitrogens is 11. The largest absolute Gasteiger partial charge is 0.479 e. The summed E-state index contributed by atoms with van der Waals surface area (Å²) in [5.74, 6) is -3.21. The van der Waals surface area contributed by atoms with E-state index in [0.29, 0.717) is 0 Å². The van der Waals surface area contributed by atoms with Gasteiger partial charge in [-0.2, -0.15) is 44.7 Å². The first-order valence-corrected chi connectivity index (χ1v) is 11.9. The van der Waals surface area contributed by atoms with Crippen LogP contribution in [0.2, 0.25) is 0 Å². The molecule has 0 bridgehead atoms. The summed E-state index contributed by atoms with van der Waals surface area (Å²) in [5.41, 5.74) is 12.8. The van der Waals surface area contributed by atoms with Crippen molar-refractivity contribution in [3.63, 3.8) is 0 Å². The Morgan fingerprint density at radius 1 is 0.721 bits per heavy atom. The fraction of sp³-hybridized carbons (Fsp3) is 0.190. The average Bonchev–Trinajstić information content (AvgIpc) is 3.66. The first-order chi connectivity index (χ1) is 20.4. The van der Waals surface area contributed by atoms with Crippen LogP contribution in [-0.2, 0) is 14.1 Å². The zero-order valence-corrected chi connectivity index (χ0v) is 22.7. The highest BCUT2D eigenvalue weighted by atomic mass is 16.4. The molecule has 0 fully saturated rings. The van der Waals surface area contributed by atoms with E-state index in [2.05, 4.69) is 55.8 Å². The lowest BCUT2D eigenvalue weighted by molar-refractivity contribution is 0.0686. The van der Waals surface area contributed by atoms with Gasteiger partial charge in [0.15, 0.2) is 34.6 Å². The van der Waals surface area contributed by atoms with Gasteiger partial charge >= 0.3 is 17.9 Å². The second-order valence-corrected chi connectivity index (χ2v) is 8.72. The summed E-state index contributed by atoms with van der Waals surface area (Å²) in [5, 5.41) is 61.3. The third kappa shape index (κ3) is 4.94. The van der Waals surface area contributed by atoms with Crippen molar-refractivity contribution in [3.8, 4) is 17.9 Å². The van der Waals surface area contributed by atoms with Crippen molar-refractivity contribution in [1.29, 1.82) is 0 Å². The zero-order chi connectivity index (χ0) is 31.2. The molecule has 220 valence electrons. The van der Waals surface area contributed by atoms with E-state index in [1.807, 2.05) is 0 Å². The van der Waals surface area contributed by atoms with E-state index in [-0.39, 0.29) is 69.1 Å². The maximum Gasteiger partial charge on any atom is 0.341 e. The summed E-state index contributed by atoms with van der Waals surface area (Å²) in [6, 6.07) is -0.728. The Morgan fingerprint density at radius 2 is 1.12 bits per heavy atom. The zero-order valence-electron chi connectivity index (χ0n) is 22.7. The Kier molecular flexibility index (Phi) is 6.77. The van der Waals surface area contributed by atoms with Gasteiger partial charge in [0.05, 0.1) is 23.8 Å². The molecule has 0 aliphatic heterocycles. The Bertz CT molecular complexity index is 1840. The average molecular weight is 592 g/mol. The number of anilines is 2. The van der Waals surface area contributed by atoms with Crippen molar-refractivity contribution < 1.29 is 24.9 Å². The minimum atomic E-state index is -1.24. The topological polar surface area (TPSA) is 306 Å². The van der Waals surface area contributed by atoms with Crippen molar-refractivity contribution in [3.05, 3.63) is 34.9 Å². The highest BCUT2D eigenvalue weighted by Gasteiger charge is 2.22. The maximum absolute atomic E-state index is 11.4. The molecule has 5 aromatic heterocycles. The molecule has 0 amide bonds. The van der Waals surface area contributed by atoms with Gasteiger partial charge in [-0.15, -0.1) is 20.5 Å². The van der Waals surface area contributed by atoms with Crippen LogP contribution in [0.15, 0.2) is 32.9 Å². The molecule has 0 aliphatic rings. The number of aryl methyl sites for hydroxylation is 4. The molecular weight excluding hydrogens is 570 g/mol. The van der Waals surface area contributed by atoms with E-state index in [1.165, 1.54) is 23.5 Å². The molecule has 43 heavy (non-hydrogen) atoms. The predicted molar refractivity (Wildman–Crippen MR) is 143 cm³/mol. The Hall–Kier alpha value is -6.61. The van der Waals surface area contributed by atoms with Gasteiger partial charge in [0.2, 0.25) is 0 Å². The van der Waals surface area contributed by atoms with Crippen LogP contribution in [0.1, 0.15) is 32.1 Å². The van der Waals surface area contributed by atoms with E-state index in [4.69, 9.17) is 11.5 Å². The van der Waals surface area contributed by atoms with Crippen molar-refractivity contribution in [2.45, 2.75) is 13.8 Å². The van der Waals surface area contributed by atoms with E-state index in [0.717, 1.165) is 21.8 Å². The van der Waals surface area contributed by atoms with Gasteiger partial charge in [0.1, 0.15) is 11.1 Å². The van der Waals surface area contributed by atoms with Crippen LogP contribution in [0.4, 0.5) is 34.6 Å². The minimum absolute atomic E-state index is 0.0285. The number of nitrogens with zero attached hydrogens (tertiary/aromatic N) is 15. The molecule has 22 nitrogen and oxygen atoms in total. The first-order valence-electron chi connectivity index (χ1n) is 11.9. The number of rotatable bonds is 8. The summed E-state index contributed by atoms with van der Waals surface area (Å²) >= 11 is 0. The predicted octanol–water partition coefficient (Wildman–Crippen LogP) is 1.42. The number of carbonyl (C=O) groups is 2. The van der Waals surface area contributed by atoms with E-state index < -0.39 is 17.9 Å². The number of nitrogen functional groups attached to an aromatic ring is 2. The Morgan fingerprint density at radius 3 is 1.49 bits per heavy atom. The second-order valence-electron chi connectivity index (χ2n) is 8.72. The maximum atomic E-state index is 11.4. The fourth-order valence-corrected chi connectivity index (χ4v) is 3.75. The molecule has 5 rings (SSSR count). The summed E-state index contributed by atoms with van der Waals surface area (Å²) in [6.07, 6.45) is 2.26. The molecule has 0 radical (unpaired) electrons. The molecular formula is C21H21N17O5. The Labute approximate surface area is 238 Å². The van der Waals surface area contributed by atoms with Crippen LogP contribution in [0.5, 0.6) is 6.01 Å². The van der Waals surface area contributed by atoms with Gasteiger partial charge in [-0.3, -0.25) is 0 Å². The molecule has 22 heteroatoms.